The highest BCUT2D eigenvalue weighted by atomic mass is 15.1. The summed E-state index contributed by atoms with van der Waals surface area (Å²) >= 11 is 0. The summed E-state index contributed by atoms with van der Waals surface area (Å²) in [6.07, 6.45) is 8.55. The lowest BCUT2D eigenvalue weighted by Gasteiger charge is -2.36. The van der Waals surface area contributed by atoms with Gasteiger partial charge in [-0.2, -0.15) is 0 Å². The maximum atomic E-state index is 2.41. The average Bonchev–Trinajstić information content (AvgIpc) is 2.20. The average molecular weight is 197 g/mol. The molecule has 0 aromatic rings. The van der Waals surface area contributed by atoms with Gasteiger partial charge in [-0.05, 0) is 51.6 Å². The highest BCUT2D eigenvalue weighted by Crippen LogP contribution is 2.34. The highest BCUT2D eigenvalue weighted by Gasteiger charge is 2.26. The Morgan fingerprint density at radius 1 is 1.00 bits per heavy atom. The zero-order valence-corrected chi connectivity index (χ0v) is 10.4. The molecule has 0 heterocycles. The van der Waals surface area contributed by atoms with Gasteiger partial charge in [0.2, 0.25) is 0 Å². The minimum atomic E-state index is 0.862. The van der Waals surface area contributed by atoms with E-state index in [0.29, 0.717) is 0 Å². The second kappa shape index (κ2) is 5.75. The molecule has 1 rings (SSSR count). The predicted molar refractivity (Wildman–Crippen MR) is 63.5 cm³/mol. The molecule has 0 radical (unpaired) electrons. The van der Waals surface area contributed by atoms with E-state index in [9.17, 15) is 0 Å². The van der Waals surface area contributed by atoms with Crippen LogP contribution in [0, 0.1) is 11.8 Å². The van der Waals surface area contributed by atoms with Gasteiger partial charge in [0.1, 0.15) is 0 Å². The lowest BCUT2D eigenvalue weighted by molar-refractivity contribution is 0.154. The van der Waals surface area contributed by atoms with Gasteiger partial charge in [-0.1, -0.05) is 26.7 Å². The van der Waals surface area contributed by atoms with Gasteiger partial charge in [0, 0.05) is 6.04 Å². The summed E-state index contributed by atoms with van der Waals surface area (Å²) in [7, 11) is 4.45. The first-order valence-corrected chi connectivity index (χ1v) is 6.35. The SMILES string of the molecule is CCC(CC)C1CCC(N(C)C)CC1. The molecule has 0 atom stereocenters. The van der Waals surface area contributed by atoms with Crippen molar-refractivity contribution in [1.29, 1.82) is 0 Å². The summed E-state index contributed by atoms with van der Waals surface area (Å²) in [5, 5.41) is 0. The van der Waals surface area contributed by atoms with Gasteiger partial charge in [-0.3, -0.25) is 0 Å². The summed E-state index contributed by atoms with van der Waals surface area (Å²) in [5.41, 5.74) is 0. The second-order valence-corrected chi connectivity index (χ2v) is 5.11. The summed E-state index contributed by atoms with van der Waals surface area (Å²) in [4.78, 5) is 2.41. The maximum absolute atomic E-state index is 2.41. The van der Waals surface area contributed by atoms with Crippen LogP contribution >= 0.6 is 0 Å². The van der Waals surface area contributed by atoms with Crippen LogP contribution in [0.25, 0.3) is 0 Å². The van der Waals surface area contributed by atoms with Crippen molar-refractivity contribution in [2.24, 2.45) is 11.8 Å². The Morgan fingerprint density at radius 2 is 1.50 bits per heavy atom. The van der Waals surface area contributed by atoms with Crippen molar-refractivity contribution in [3.05, 3.63) is 0 Å². The third kappa shape index (κ3) is 2.98. The zero-order chi connectivity index (χ0) is 10.6. The Kier molecular flexibility index (Phi) is 4.94. The first-order valence-electron chi connectivity index (χ1n) is 6.35. The summed E-state index contributed by atoms with van der Waals surface area (Å²) in [6.45, 7) is 4.71. The minimum absolute atomic E-state index is 0.862. The summed E-state index contributed by atoms with van der Waals surface area (Å²) < 4.78 is 0. The molecular weight excluding hydrogens is 170 g/mol. The van der Waals surface area contributed by atoms with Gasteiger partial charge in [-0.15, -0.1) is 0 Å². The quantitative estimate of drug-likeness (QED) is 0.666. The van der Waals surface area contributed by atoms with Crippen LogP contribution < -0.4 is 0 Å². The van der Waals surface area contributed by atoms with E-state index in [2.05, 4.69) is 32.8 Å². The van der Waals surface area contributed by atoms with Crippen LogP contribution in [-0.2, 0) is 0 Å². The molecule has 0 amide bonds. The van der Waals surface area contributed by atoms with E-state index in [0.717, 1.165) is 17.9 Å². The van der Waals surface area contributed by atoms with E-state index in [-0.39, 0.29) is 0 Å². The van der Waals surface area contributed by atoms with Crippen LogP contribution in [0.1, 0.15) is 52.4 Å². The van der Waals surface area contributed by atoms with Gasteiger partial charge < -0.3 is 4.90 Å². The van der Waals surface area contributed by atoms with Crippen molar-refractivity contribution in [1.82, 2.24) is 4.90 Å². The molecule has 0 spiro atoms. The lowest BCUT2D eigenvalue weighted by Crippen LogP contribution is -2.33. The van der Waals surface area contributed by atoms with Crippen LogP contribution in [0.2, 0.25) is 0 Å². The topological polar surface area (TPSA) is 3.24 Å². The lowest BCUT2D eigenvalue weighted by atomic mass is 9.76. The maximum Gasteiger partial charge on any atom is 0.00893 e. The van der Waals surface area contributed by atoms with Crippen LogP contribution in [0.3, 0.4) is 0 Å². The van der Waals surface area contributed by atoms with E-state index in [4.69, 9.17) is 0 Å². The van der Waals surface area contributed by atoms with Gasteiger partial charge >= 0.3 is 0 Å². The smallest absolute Gasteiger partial charge is 0.00893 e. The Hall–Kier alpha value is -0.0400. The molecule has 0 aliphatic heterocycles. The second-order valence-electron chi connectivity index (χ2n) is 5.11. The molecule has 1 fully saturated rings. The Balaban J connectivity index is 2.34. The fraction of sp³-hybridized carbons (Fsp3) is 1.00. The molecule has 1 heteroatoms. The van der Waals surface area contributed by atoms with Crippen LogP contribution in [0.4, 0.5) is 0 Å². The van der Waals surface area contributed by atoms with E-state index < -0.39 is 0 Å². The molecule has 0 aromatic carbocycles. The van der Waals surface area contributed by atoms with Crippen LogP contribution in [0.5, 0.6) is 0 Å². The monoisotopic (exact) mass is 197 g/mol. The van der Waals surface area contributed by atoms with E-state index in [1.807, 2.05) is 0 Å². The normalized spacial score (nSPS) is 28.7. The highest BCUT2D eigenvalue weighted by molar-refractivity contribution is 4.80. The molecule has 0 saturated heterocycles. The van der Waals surface area contributed by atoms with Crippen molar-refractivity contribution in [2.75, 3.05) is 14.1 Å². The molecule has 0 N–H and O–H groups in total. The fourth-order valence-electron chi connectivity index (χ4n) is 3.04. The predicted octanol–water partition coefficient (Wildman–Crippen LogP) is 3.54. The molecular formula is C13H27N. The molecule has 1 nitrogen and oxygen atoms in total. The van der Waals surface area contributed by atoms with Gasteiger partial charge in [-0.25, -0.2) is 0 Å². The van der Waals surface area contributed by atoms with Crippen molar-refractivity contribution in [3.8, 4) is 0 Å². The molecule has 14 heavy (non-hydrogen) atoms. The van der Waals surface area contributed by atoms with Crippen molar-refractivity contribution in [3.63, 3.8) is 0 Å². The summed E-state index contributed by atoms with van der Waals surface area (Å²) in [5.74, 6) is 2.03. The molecule has 1 aliphatic rings. The van der Waals surface area contributed by atoms with Gasteiger partial charge in [0.15, 0.2) is 0 Å². The zero-order valence-electron chi connectivity index (χ0n) is 10.4. The van der Waals surface area contributed by atoms with Crippen LogP contribution in [-0.4, -0.2) is 25.0 Å². The first kappa shape index (κ1) is 12.0. The van der Waals surface area contributed by atoms with Gasteiger partial charge in [0.05, 0.1) is 0 Å². The van der Waals surface area contributed by atoms with E-state index in [1.54, 1.807) is 0 Å². The third-order valence-corrected chi connectivity index (χ3v) is 4.19. The molecule has 0 bridgehead atoms. The van der Waals surface area contributed by atoms with Crippen LogP contribution in [0.15, 0.2) is 0 Å². The molecule has 0 unspecified atom stereocenters. The largest absolute Gasteiger partial charge is 0.306 e. The van der Waals surface area contributed by atoms with Crippen molar-refractivity contribution < 1.29 is 0 Å². The van der Waals surface area contributed by atoms with Gasteiger partial charge in [0.25, 0.3) is 0 Å². The Labute approximate surface area is 89.9 Å². The van der Waals surface area contributed by atoms with Crippen molar-refractivity contribution >= 4 is 0 Å². The summed E-state index contributed by atoms with van der Waals surface area (Å²) in [6, 6.07) is 0.862. The number of nitrogens with zero attached hydrogens (tertiary/aromatic N) is 1. The number of hydrogen-bond acceptors (Lipinski definition) is 1. The van der Waals surface area contributed by atoms with E-state index >= 15 is 0 Å². The standard InChI is InChI=1S/C13H27N/c1-5-11(6-2)12-7-9-13(10-8-12)14(3)4/h11-13H,5-10H2,1-4H3. The molecule has 84 valence electrons. The molecule has 0 aromatic heterocycles. The number of rotatable bonds is 4. The molecule has 1 aliphatic carbocycles. The van der Waals surface area contributed by atoms with E-state index in [1.165, 1.54) is 38.5 Å². The Morgan fingerprint density at radius 3 is 1.86 bits per heavy atom. The fourth-order valence-corrected chi connectivity index (χ4v) is 3.04. The van der Waals surface area contributed by atoms with Crippen molar-refractivity contribution in [2.45, 2.75) is 58.4 Å². The first-order chi connectivity index (χ1) is 6.69. The minimum Gasteiger partial charge on any atom is -0.306 e. The third-order valence-electron chi connectivity index (χ3n) is 4.19. The Bertz CT molecular complexity index is 141. The number of hydrogen-bond donors (Lipinski definition) is 0. The molecule has 1 saturated carbocycles.